The highest BCUT2D eigenvalue weighted by molar-refractivity contribution is 9.10. The molecule has 1 aliphatic carbocycles. The van der Waals surface area contributed by atoms with Gasteiger partial charge in [0.2, 0.25) is 0 Å². The quantitative estimate of drug-likeness (QED) is 0.754. The summed E-state index contributed by atoms with van der Waals surface area (Å²) in [6.45, 7) is 4.10. The molecule has 0 heterocycles. The van der Waals surface area contributed by atoms with Crippen molar-refractivity contribution in [1.82, 2.24) is 0 Å². The lowest BCUT2D eigenvalue weighted by Crippen LogP contribution is -2.30. The number of hydrogen-bond acceptors (Lipinski definition) is 1. The van der Waals surface area contributed by atoms with Crippen LogP contribution in [-0.2, 0) is 17.6 Å². The standard InChI is InChI=1S/C14H17BrO/c1-14(2,9-16)12-5-3-10-4-6-13(15)8-11(10)7-12/h4,6,8-9,12H,3,5,7H2,1-2H3. The number of rotatable bonds is 2. The molecule has 16 heavy (non-hydrogen) atoms. The average Bonchev–Trinajstić information content (AvgIpc) is 2.28. The topological polar surface area (TPSA) is 17.1 Å². The third kappa shape index (κ3) is 2.22. The summed E-state index contributed by atoms with van der Waals surface area (Å²) in [5, 5.41) is 0. The molecular weight excluding hydrogens is 264 g/mol. The summed E-state index contributed by atoms with van der Waals surface area (Å²) >= 11 is 3.51. The fourth-order valence-electron chi connectivity index (χ4n) is 2.46. The Morgan fingerprint density at radius 1 is 1.38 bits per heavy atom. The molecule has 0 saturated heterocycles. The van der Waals surface area contributed by atoms with Gasteiger partial charge in [0.05, 0.1) is 0 Å². The molecule has 0 amide bonds. The van der Waals surface area contributed by atoms with Gasteiger partial charge in [-0.15, -0.1) is 0 Å². The first-order chi connectivity index (χ1) is 7.53. The summed E-state index contributed by atoms with van der Waals surface area (Å²) < 4.78 is 1.14. The van der Waals surface area contributed by atoms with E-state index in [-0.39, 0.29) is 5.41 Å². The van der Waals surface area contributed by atoms with Crippen molar-refractivity contribution in [3.8, 4) is 0 Å². The zero-order valence-corrected chi connectivity index (χ0v) is 11.4. The minimum Gasteiger partial charge on any atom is -0.303 e. The number of aryl methyl sites for hydroxylation is 1. The molecule has 1 aliphatic rings. The van der Waals surface area contributed by atoms with E-state index in [2.05, 4.69) is 34.1 Å². The fourth-order valence-corrected chi connectivity index (χ4v) is 2.87. The molecule has 0 aliphatic heterocycles. The second kappa shape index (κ2) is 4.33. The van der Waals surface area contributed by atoms with E-state index in [0.29, 0.717) is 5.92 Å². The maximum Gasteiger partial charge on any atom is 0.125 e. The van der Waals surface area contributed by atoms with Crippen molar-refractivity contribution in [3.63, 3.8) is 0 Å². The van der Waals surface area contributed by atoms with Gasteiger partial charge in [0.15, 0.2) is 0 Å². The number of fused-ring (bicyclic) bond motifs is 1. The second-order valence-electron chi connectivity index (χ2n) is 5.29. The first kappa shape index (κ1) is 11.8. The summed E-state index contributed by atoms with van der Waals surface area (Å²) in [5.41, 5.74) is 2.65. The van der Waals surface area contributed by atoms with E-state index < -0.39 is 0 Å². The first-order valence-corrected chi connectivity index (χ1v) is 6.56. The van der Waals surface area contributed by atoms with Crippen LogP contribution in [0.1, 0.15) is 31.4 Å². The smallest absolute Gasteiger partial charge is 0.125 e. The molecule has 2 rings (SSSR count). The molecule has 0 spiro atoms. The van der Waals surface area contributed by atoms with Crippen molar-refractivity contribution >= 4 is 22.2 Å². The van der Waals surface area contributed by atoms with Crippen molar-refractivity contribution in [2.75, 3.05) is 0 Å². The maximum atomic E-state index is 11.1. The van der Waals surface area contributed by atoms with Crippen LogP contribution in [0.2, 0.25) is 0 Å². The Morgan fingerprint density at radius 3 is 2.81 bits per heavy atom. The van der Waals surface area contributed by atoms with Gasteiger partial charge in [-0.1, -0.05) is 35.8 Å². The number of benzene rings is 1. The van der Waals surface area contributed by atoms with Crippen LogP contribution in [0.5, 0.6) is 0 Å². The van der Waals surface area contributed by atoms with Gasteiger partial charge in [-0.25, -0.2) is 0 Å². The Hall–Kier alpha value is -0.630. The lowest BCUT2D eigenvalue weighted by atomic mass is 9.70. The number of aldehydes is 1. The molecule has 86 valence electrons. The van der Waals surface area contributed by atoms with Crippen LogP contribution in [0.25, 0.3) is 0 Å². The maximum absolute atomic E-state index is 11.1. The van der Waals surface area contributed by atoms with Gasteiger partial charge in [0.1, 0.15) is 6.29 Å². The van der Waals surface area contributed by atoms with Crippen LogP contribution >= 0.6 is 15.9 Å². The normalized spacial score (nSPS) is 20.3. The zero-order chi connectivity index (χ0) is 11.8. The third-order valence-electron chi connectivity index (χ3n) is 3.75. The summed E-state index contributed by atoms with van der Waals surface area (Å²) in [5.74, 6) is 0.479. The van der Waals surface area contributed by atoms with Crippen molar-refractivity contribution < 1.29 is 4.79 Å². The van der Waals surface area contributed by atoms with Gasteiger partial charge >= 0.3 is 0 Å². The van der Waals surface area contributed by atoms with Crippen molar-refractivity contribution in [1.29, 1.82) is 0 Å². The van der Waals surface area contributed by atoms with E-state index in [1.54, 1.807) is 0 Å². The molecule has 1 atom stereocenters. The van der Waals surface area contributed by atoms with Gasteiger partial charge in [-0.05, 0) is 48.4 Å². The highest BCUT2D eigenvalue weighted by Gasteiger charge is 2.31. The van der Waals surface area contributed by atoms with Gasteiger partial charge < -0.3 is 4.79 Å². The third-order valence-corrected chi connectivity index (χ3v) is 4.25. The van der Waals surface area contributed by atoms with Crippen molar-refractivity contribution in [2.45, 2.75) is 33.1 Å². The van der Waals surface area contributed by atoms with Crippen LogP contribution in [0, 0.1) is 11.3 Å². The Balaban J connectivity index is 2.26. The summed E-state index contributed by atoms with van der Waals surface area (Å²) in [7, 11) is 0. The van der Waals surface area contributed by atoms with E-state index in [1.165, 1.54) is 11.1 Å². The van der Waals surface area contributed by atoms with Gasteiger partial charge in [-0.3, -0.25) is 0 Å². The number of halogens is 1. The highest BCUT2D eigenvalue weighted by Crippen LogP contribution is 2.37. The van der Waals surface area contributed by atoms with E-state index in [4.69, 9.17) is 0 Å². The van der Waals surface area contributed by atoms with E-state index >= 15 is 0 Å². The molecule has 0 N–H and O–H groups in total. The van der Waals surface area contributed by atoms with E-state index in [9.17, 15) is 4.79 Å². The summed E-state index contributed by atoms with van der Waals surface area (Å²) in [6, 6.07) is 6.50. The van der Waals surface area contributed by atoms with Crippen LogP contribution in [-0.4, -0.2) is 6.29 Å². The minimum atomic E-state index is -0.194. The van der Waals surface area contributed by atoms with Gasteiger partial charge in [0.25, 0.3) is 0 Å². The SMILES string of the molecule is CC(C)(C=O)C1CCc2ccc(Br)cc2C1. The number of carbonyl (C=O) groups excluding carboxylic acids is 1. The minimum absolute atomic E-state index is 0.194. The highest BCUT2D eigenvalue weighted by atomic mass is 79.9. The fraction of sp³-hybridized carbons (Fsp3) is 0.500. The van der Waals surface area contributed by atoms with Crippen LogP contribution in [0.3, 0.4) is 0 Å². The van der Waals surface area contributed by atoms with Crippen LogP contribution in [0.15, 0.2) is 22.7 Å². The predicted molar refractivity (Wildman–Crippen MR) is 69.5 cm³/mol. The summed E-state index contributed by atoms with van der Waals surface area (Å²) in [4.78, 5) is 11.1. The van der Waals surface area contributed by atoms with Gasteiger partial charge in [-0.2, -0.15) is 0 Å². The molecule has 1 nitrogen and oxygen atoms in total. The number of hydrogen-bond donors (Lipinski definition) is 0. The van der Waals surface area contributed by atoms with Crippen LogP contribution in [0.4, 0.5) is 0 Å². The Bertz CT molecular complexity index is 409. The lowest BCUT2D eigenvalue weighted by Gasteiger charge is -2.33. The van der Waals surface area contributed by atoms with E-state index in [0.717, 1.165) is 30.0 Å². The predicted octanol–water partition coefficient (Wildman–Crippen LogP) is 3.78. The Labute approximate surface area is 105 Å². The molecule has 1 unspecified atom stereocenters. The molecule has 1 aromatic carbocycles. The molecule has 0 bridgehead atoms. The monoisotopic (exact) mass is 280 g/mol. The van der Waals surface area contributed by atoms with Crippen LogP contribution < -0.4 is 0 Å². The molecule has 0 fully saturated rings. The molecule has 0 aromatic heterocycles. The largest absolute Gasteiger partial charge is 0.303 e. The van der Waals surface area contributed by atoms with Crippen molar-refractivity contribution in [2.24, 2.45) is 11.3 Å². The molecular formula is C14H17BrO. The van der Waals surface area contributed by atoms with E-state index in [1.807, 2.05) is 13.8 Å². The average molecular weight is 281 g/mol. The molecule has 0 saturated carbocycles. The molecule has 1 aromatic rings. The number of carbonyl (C=O) groups is 1. The Kier molecular flexibility index (Phi) is 3.20. The molecule has 0 radical (unpaired) electrons. The van der Waals surface area contributed by atoms with Gasteiger partial charge in [0, 0.05) is 9.89 Å². The lowest BCUT2D eigenvalue weighted by molar-refractivity contribution is -0.117. The molecule has 2 heteroatoms. The first-order valence-electron chi connectivity index (χ1n) is 5.76. The zero-order valence-electron chi connectivity index (χ0n) is 9.79. The summed E-state index contributed by atoms with van der Waals surface area (Å²) in [6.07, 6.45) is 4.37. The second-order valence-corrected chi connectivity index (χ2v) is 6.21. The van der Waals surface area contributed by atoms with Crippen molar-refractivity contribution in [3.05, 3.63) is 33.8 Å². The Morgan fingerprint density at radius 2 is 2.12 bits per heavy atom.